The number of hydrogen-bond donors (Lipinski definition) is 1. The zero-order valence-corrected chi connectivity index (χ0v) is 24.6. The number of nitrogens with one attached hydrogen (secondary N) is 1. The molecule has 1 aliphatic carbocycles. The van der Waals surface area contributed by atoms with E-state index in [1.54, 1.807) is 0 Å². The molecule has 3 heteroatoms. The lowest BCUT2D eigenvalue weighted by Crippen LogP contribution is -2.40. The van der Waals surface area contributed by atoms with Gasteiger partial charge in [0, 0.05) is 6.04 Å². The van der Waals surface area contributed by atoms with E-state index in [0.717, 1.165) is 24.7 Å². The standard InChI is InChI=1S/C32H64N2O/c1-5-7-9-11-13-17-21-25-31(33-32(35)28-34(3)4)26-22-18-14-16-20-24-30-27-29(30)23-19-15-12-10-8-6-2/h29-31H,5-28H2,1-4H3,(H,33,35)/t29-,30+,31+/m0/s1. The van der Waals surface area contributed by atoms with Crippen molar-refractivity contribution in [2.45, 2.75) is 168 Å². The number of amides is 1. The largest absolute Gasteiger partial charge is 0.352 e. The quantitative estimate of drug-likeness (QED) is 0.122. The maximum absolute atomic E-state index is 12.3. The lowest BCUT2D eigenvalue weighted by molar-refractivity contribution is -0.122. The van der Waals surface area contributed by atoms with Crippen LogP contribution in [0.2, 0.25) is 0 Å². The van der Waals surface area contributed by atoms with Crippen molar-refractivity contribution in [1.82, 2.24) is 10.2 Å². The van der Waals surface area contributed by atoms with Gasteiger partial charge >= 0.3 is 0 Å². The molecule has 3 nitrogen and oxygen atoms in total. The molecular weight excluding hydrogens is 428 g/mol. The van der Waals surface area contributed by atoms with Gasteiger partial charge in [0.1, 0.15) is 0 Å². The van der Waals surface area contributed by atoms with Crippen molar-refractivity contribution in [3.63, 3.8) is 0 Å². The first-order chi connectivity index (χ1) is 17.1. The Bertz CT molecular complexity index is 478. The number of nitrogens with zero attached hydrogens (tertiary/aromatic N) is 1. The monoisotopic (exact) mass is 493 g/mol. The van der Waals surface area contributed by atoms with E-state index in [1.165, 1.54) is 135 Å². The summed E-state index contributed by atoms with van der Waals surface area (Å²) in [6.45, 7) is 5.09. The number of hydrogen-bond acceptors (Lipinski definition) is 2. The van der Waals surface area contributed by atoms with Crippen LogP contribution in [0.15, 0.2) is 0 Å². The molecule has 35 heavy (non-hydrogen) atoms. The second-order valence-corrected chi connectivity index (χ2v) is 12.1. The van der Waals surface area contributed by atoms with Gasteiger partial charge in [-0.05, 0) is 45.2 Å². The van der Waals surface area contributed by atoms with Crippen LogP contribution in [0.25, 0.3) is 0 Å². The van der Waals surface area contributed by atoms with Crippen molar-refractivity contribution in [3.05, 3.63) is 0 Å². The van der Waals surface area contributed by atoms with Gasteiger partial charge in [-0.2, -0.15) is 0 Å². The van der Waals surface area contributed by atoms with E-state index >= 15 is 0 Å². The van der Waals surface area contributed by atoms with Gasteiger partial charge in [-0.25, -0.2) is 0 Å². The fourth-order valence-electron chi connectivity index (χ4n) is 5.73. The number of rotatable bonds is 26. The van der Waals surface area contributed by atoms with Crippen LogP contribution in [-0.2, 0) is 4.79 Å². The molecule has 0 bridgehead atoms. The Labute approximate surface area is 221 Å². The molecule has 1 rings (SSSR count). The number of unbranched alkanes of at least 4 members (excludes halogenated alkanes) is 15. The maximum Gasteiger partial charge on any atom is 0.234 e. The summed E-state index contributed by atoms with van der Waals surface area (Å²) in [6, 6.07) is 0.382. The van der Waals surface area contributed by atoms with Crippen LogP contribution in [0.3, 0.4) is 0 Å². The number of carbonyl (C=O) groups excluding carboxylic acids is 1. The van der Waals surface area contributed by atoms with Gasteiger partial charge in [-0.1, -0.05) is 142 Å². The van der Waals surface area contributed by atoms with Crippen LogP contribution in [0.5, 0.6) is 0 Å². The van der Waals surface area contributed by atoms with E-state index in [1.807, 2.05) is 19.0 Å². The van der Waals surface area contributed by atoms with Gasteiger partial charge in [-0.3, -0.25) is 4.79 Å². The summed E-state index contributed by atoms with van der Waals surface area (Å²) in [6.07, 6.45) is 31.8. The van der Waals surface area contributed by atoms with Crippen LogP contribution in [0.4, 0.5) is 0 Å². The highest BCUT2D eigenvalue weighted by Crippen LogP contribution is 2.45. The molecule has 0 unspecified atom stereocenters. The summed E-state index contributed by atoms with van der Waals surface area (Å²) in [5.74, 6) is 2.35. The minimum atomic E-state index is 0.197. The highest BCUT2D eigenvalue weighted by Gasteiger charge is 2.34. The van der Waals surface area contributed by atoms with Gasteiger partial charge in [0.05, 0.1) is 6.54 Å². The Kier molecular flexibility index (Phi) is 21.0. The molecule has 0 heterocycles. The first-order valence-electron chi connectivity index (χ1n) is 16.0. The van der Waals surface area contributed by atoms with Gasteiger partial charge in [0.2, 0.25) is 5.91 Å². The molecule has 0 aliphatic heterocycles. The summed E-state index contributed by atoms with van der Waals surface area (Å²) < 4.78 is 0. The molecule has 0 aromatic carbocycles. The first-order valence-corrected chi connectivity index (χ1v) is 16.0. The summed E-state index contributed by atoms with van der Waals surface area (Å²) in [5.41, 5.74) is 0. The Morgan fingerprint density at radius 1 is 0.657 bits per heavy atom. The molecule has 0 radical (unpaired) electrons. The predicted octanol–water partition coefficient (Wildman–Crippen LogP) is 9.29. The van der Waals surface area contributed by atoms with Crippen molar-refractivity contribution in [3.8, 4) is 0 Å². The molecule has 1 aliphatic rings. The van der Waals surface area contributed by atoms with E-state index in [2.05, 4.69) is 19.2 Å². The van der Waals surface area contributed by atoms with Crippen molar-refractivity contribution in [1.29, 1.82) is 0 Å². The van der Waals surface area contributed by atoms with Crippen molar-refractivity contribution in [2.24, 2.45) is 11.8 Å². The summed E-state index contributed by atoms with van der Waals surface area (Å²) >= 11 is 0. The predicted molar refractivity (Wildman–Crippen MR) is 155 cm³/mol. The summed E-state index contributed by atoms with van der Waals surface area (Å²) in [5, 5.41) is 3.34. The third-order valence-electron chi connectivity index (χ3n) is 8.11. The van der Waals surface area contributed by atoms with E-state index < -0.39 is 0 Å². The second-order valence-electron chi connectivity index (χ2n) is 12.1. The molecule has 3 atom stereocenters. The molecule has 0 aromatic rings. The third kappa shape index (κ3) is 20.2. The highest BCUT2D eigenvalue weighted by molar-refractivity contribution is 5.78. The summed E-state index contributed by atoms with van der Waals surface area (Å²) in [7, 11) is 3.95. The SMILES string of the molecule is CCCCCCCCC[C@H](CCCCCCC[C@@H]1C[C@@H]1CCCCCCCC)NC(=O)CN(C)C. The molecule has 1 saturated carbocycles. The molecule has 1 amide bonds. The van der Waals surface area contributed by atoms with Crippen LogP contribution in [-0.4, -0.2) is 37.5 Å². The smallest absolute Gasteiger partial charge is 0.234 e. The van der Waals surface area contributed by atoms with E-state index in [-0.39, 0.29) is 5.91 Å². The number of carbonyl (C=O) groups is 1. The Morgan fingerprint density at radius 2 is 1.06 bits per heavy atom. The normalized spacial score (nSPS) is 18.2. The topological polar surface area (TPSA) is 32.3 Å². The van der Waals surface area contributed by atoms with Gasteiger partial charge in [-0.15, -0.1) is 0 Å². The van der Waals surface area contributed by atoms with E-state index in [4.69, 9.17) is 0 Å². The maximum atomic E-state index is 12.3. The van der Waals surface area contributed by atoms with Crippen LogP contribution in [0, 0.1) is 11.8 Å². The minimum Gasteiger partial charge on any atom is -0.352 e. The molecule has 1 fully saturated rings. The van der Waals surface area contributed by atoms with E-state index in [0.29, 0.717) is 12.6 Å². The zero-order valence-electron chi connectivity index (χ0n) is 24.6. The zero-order chi connectivity index (χ0) is 25.6. The fraction of sp³-hybridized carbons (Fsp3) is 0.969. The summed E-state index contributed by atoms with van der Waals surface area (Å²) in [4.78, 5) is 14.3. The molecule has 0 aromatic heterocycles. The Balaban J connectivity index is 2.05. The molecule has 0 spiro atoms. The van der Waals surface area contributed by atoms with Crippen LogP contribution >= 0.6 is 0 Å². The number of likely N-dealkylation sites (N-methyl/N-ethyl adjacent to an activating group) is 1. The van der Waals surface area contributed by atoms with Gasteiger partial charge < -0.3 is 10.2 Å². The van der Waals surface area contributed by atoms with Crippen LogP contribution in [0.1, 0.15) is 162 Å². The van der Waals surface area contributed by atoms with Gasteiger partial charge in [0.25, 0.3) is 0 Å². The molecular formula is C32H64N2O. The molecule has 1 N–H and O–H groups in total. The van der Waals surface area contributed by atoms with Crippen molar-refractivity contribution < 1.29 is 4.79 Å². The fourth-order valence-corrected chi connectivity index (χ4v) is 5.73. The van der Waals surface area contributed by atoms with Gasteiger partial charge in [0.15, 0.2) is 0 Å². The first kappa shape index (κ1) is 32.5. The minimum absolute atomic E-state index is 0.197. The third-order valence-corrected chi connectivity index (χ3v) is 8.11. The van der Waals surface area contributed by atoms with Crippen molar-refractivity contribution >= 4 is 5.91 Å². The average Bonchev–Trinajstić information content (AvgIpc) is 3.57. The van der Waals surface area contributed by atoms with Crippen molar-refractivity contribution in [2.75, 3.05) is 20.6 Å². The lowest BCUT2D eigenvalue weighted by Gasteiger charge is -2.20. The highest BCUT2D eigenvalue weighted by atomic mass is 16.2. The van der Waals surface area contributed by atoms with E-state index in [9.17, 15) is 4.79 Å². The average molecular weight is 493 g/mol. The second kappa shape index (κ2) is 22.6. The molecule has 0 saturated heterocycles. The van der Waals surface area contributed by atoms with Crippen LogP contribution < -0.4 is 5.32 Å². The Hall–Kier alpha value is -0.570. The lowest BCUT2D eigenvalue weighted by atomic mass is 9.99. The Morgan fingerprint density at radius 3 is 1.49 bits per heavy atom. The molecule has 208 valence electrons.